The van der Waals surface area contributed by atoms with Gasteiger partial charge in [0.2, 0.25) is 0 Å². The molecule has 0 amide bonds. The minimum absolute atomic E-state index is 0. The van der Waals surface area contributed by atoms with Crippen molar-refractivity contribution >= 4 is 0 Å². The third kappa shape index (κ3) is 284. The molecule has 0 atom stereocenters. The summed E-state index contributed by atoms with van der Waals surface area (Å²) in [5.41, 5.74) is 0. The second-order valence-corrected chi connectivity index (χ2v) is 0.0745. The summed E-state index contributed by atoms with van der Waals surface area (Å²) < 4.78 is 0. The Hall–Kier alpha value is -5.69. The Bertz CT molecular complexity index is 272. The van der Waals surface area contributed by atoms with Crippen LogP contribution in [0.4, 0.5) is 0 Å². The van der Waals surface area contributed by atoms with Crippen molar-refractivity contribution in [2.24, 2.45) is 5.34 Å². The molecule has 0 aromatic rings. The predicted molar refractivity (Wildman–Crippen MR) is 68.8 cm³/mol. The maximum absolute atomic E-state index is 8.00. The Morgan fingerprint density at radius 2 is 0.379 bits per heavy atom. The molecular formula is C12CoFeN13O2-7. The van der Waals surface area contributed by atoms with Crippen molar-refractivity contribution in [3.05, 3.63) is 89.0 Å². The van der Waals surface area contributed by atoms with Crippen molar-refractivity contribution in [3.8, 4) is 0 Å². The van der Waals surface area contributed by atoms with Crippen LogP contribution in [0.25, 0.3) is 0 Å². The van der Waals surface area contributed by atoms with Crippen molar-refractivity contribution in [2.75, 3.05) is 0 Å². The average Bonchev–Trinajstić information content (AvgIpc) is 2.89. The topological polar surface area (TPSA) is 338 Å². The maximum Gasteiger partial charge on any atom is 6.00 e. The van der Waals surface area contributed by atoms with Crippen molar-refractivity contribution in [2.45, 2.75) is 0 Å². The smallest absolute Gasteiger partial charge is 0.512 e. The third-order valence-electron chi connectivity index (χ3n) is 0. The van der Waals surface area contributed by atoms with Crippen molar-refractivity contribution in [3.63, 3.8) is 0 Å². The largest absolute Gasteiger partial charge is 6.00 e. The second-order valence-electron chi connectivity index (χ2n) is 0.0745. The van der Waals surface area contributed by atoms with Gasteiger partial charge in [0.15, 0.2) is 0 Å². The summed E-state index contributed by atoms with van der Waals surface area (Å²) in [6.07, 6.45) is 0. The van der Waals surface area contributed by atoms with Crippen molar-refractivity contribution in [1.29, 1.82) is 63.1 Å². The van der Waals surface area contributed by atoms with E-state index in [1.54, 1.807) is 0 Å². The van der Waals surface area contributed by atoms with E-state index in [2.05, 4.69) is 0 Å². The number of rotatable bonds is 0. The van der Waals surface area contributed by atoms with Crippen LogP contribution in [-0.4, -0.2) is 0 Å². The molecule has 0 unspecified atom stereocenters. The molecule has 0 aromatic heterocycles. The van der Waals surface area contributed by atoms with Gasteiger partial charge in [0.05, 0.1) is 0 Å². The summed E-state index contributed by atoms with van der Waals surface area (Å²) in [5, 5.41) is 84.0. The first-order chi connectivity index (χ1) is 13.4. The molecule has 0 saturated carbocycles. The van der Waals surface area contributed by atoms with Gasteiger partial charge in [-0.25, -0.2) is 0 Å². The molecular weight excluding hydrogens is 473 g/mol. The second kappa shape index (κ2) is 460. The average molecular weight is 473 g/mol. The number of hydrogen-bond donors (Lipinski definition) is 0. The van der Waals surface area contributed by atoms with E-state index in [-0.39, 0.29) is 33.8 Å². The summed E-state index contributed by atoms with van der Waals surface area (Å²) >= 11 is 0. The van der Waals surface area contributed by atoms with Crippen LogP contribution in [0.3, 0.4) is 0 Å². The van der Waals surface area contributed by atoms with E-state index in [1.165, 1.54) is 0 Å². The molecule has 17 heteroatoms. The van der Waals surface area contributed by atoms with Crippen LogP contribution in [-0.2, 0) is 33.8 Å². The molecule has 0 spiro atoms. The molecule has 0 aliphatic rings. The monoisotopic (exact) mass is 473 g/mol. The van der Waals surface area contributed by atoms with Gasteiger partial charge in [-0.15, -0.1) is 5.34 Å². The molecule has 0 N–H and O–H groups in total. The first kappa shape index (κ1) is 168. The molecule has 149 valence electrons. The molecule has 1 radical (unpaired) electrons. The standard InChI is InChI=1S/12CN.Co.Fe.HNO2/c12*1-2;;;2-1-3/h;;;;;;;;;;;;;;(H,2,3)/q12*-1;;+6;/p-1. The maximum atomic E-state index is 8.00. The molecule has 0 bridgehead atoms. The van der Waals surface area contributed by atoms with Gasteiger partial charge in [-0.2, -0.15) is 0 Å². The van der Waals surface area contributed by atoms with Crippen molar-refractivity contribution < 1.29 is 33.8 Å². The predicted octanol–water partition coefficient (Wildman–Crippen LogP) is 1.40. The van der Waals surface area contributed by atoms with Gasteiger partial charge < -0.3 is 152 Å². The summed E-state index contributed by atoms with van der Waals surface area (Å²) in [6.45, 7) is 57.0. The molecule has 0 heterocycles. The van der Waals surface area contributed by atoms with Crippen LogP contribution in [0.15, 0.2) is 5.34 Å². The summed E-state index contributed by atoms with van der Waals surface area (Å²) in [7, 11) is 0. The first-order valence-electron chi connectivity index (χ1n) is 3.05. The van der Waals surface area contributed by atoms with Crippen LogP contribution in [0.1, 0.15) is 0 Å². The van der Waals surface area contributed by atoms with E-state index in [1.807, 2.05) is 0 Å². The van der Waals surface area contributed by atoms with E-state index in [4.69, 9.17) is 152 Å². The molecule has 0 aliphatic heterocycles. The van der Waals surface area contributed by atoms with Gasteiger partial charge >= 0.3 is 17.1 Å². The molecule has 0 rings (SSSR count). The van der Waals surface area contributed by atoms with Gasteiger partial charge in [-0.1, -0.05) is 0 Å². The molecule has 0 aliphatic carbocycles. The van der Waals surface area contributed by atoms with Gasteiger partial charge in [-0.05, 0) is 0 Å². The normalized spacial score (nSPS) is 1.24. The Labute approximate surface area is 191 Å². The molecule has 0 saturated heterocycles. The van der Waals surface area contributed by atoms with Crippen LogP contribution in [0.5, 0.6) is 0 Å². The fourth-order valence-electron chi connectivity index (χ4n) is 0. The van der Waals surface area contributed by atoms with Gasteiger partial charge in [0.1, 0.15) is 0 Å². The van der Waals surface area contributed by atoms with Crippen molar-refractivity contribution in [1.82, 2.24) is 0 Å². The van der Waals surface area contributed by atoms with Crippen LogP contribution in [0, 0.1) is 152 Å². The van der Waals surface area contributed by atoms with Crippen LogP contribution < -0.4 is 0 Å². The SMILES string of the molecule is O=N[O-].[C-]#N.[C-]#N.[C-]#N.[C-]#N.[C-]#N.[C-]#N.[C-]#N.[C-]#N.[C-]#N.[C-]#N.[C-]#N.[C-]#N.[Co].[Fe+6]. The zero-order chi connectivity index (χ0) is 26.7. The zero-order valence-corrected chi connectivity index (χ0v) is 15.5. The molecule has 15 nitrogen and oxygen atoms in total. The number of hydrogen-bond acceptors (Lipinski definition) is 15. The van der Waals surface area contributed by atoms with Gasteiger partial charge in [0.25, 0.3) is 0 Å². The van der Waals surface area contributed by atoms with E-state index >= 15 is 0 Å². The third-order valence-corrected chi connectivity index (χ3v) is 0. The Morgan fingerprint density at radius 1 is 0.379 bits per heavy atom. The summed E-state index contributed by atoms with van der Waals surface area (Å²) in [4.78, 5) is 8.00. The first-order valence-corrected chi connectivity index (χ1v) is 3.05. The quantitative estimate of drug-likeness (QED) is 0.208. The van der Waals surface area contributed by atoms with E-state index in [0.717, 1.165) is 5.34 Å². The van der Waals surface area contributed by atoms with Gasteiger partial charge in [0, 0.05) is 16.8 Å². The Morgan fingerprint density at radius 3 is 0.379 bits per heavy atom. The van der Waals surface area contributed by atoms with E-state index < -0.39 is 0 Å². The molecule has 0 fully saturated rings. The van der Waals surface area contributed by atoms with Crippen LogP contribution in [0.2, 0.25) is 0 Å². The van der Waals surface area contributed by atoms with E-state index in [9.17, 15) is 0 Å². The number of nitrogens with zero attached hydrogens (tertiary/aromatic N) is 13. The Kier molecular flexibility index (Phi) is 2660. The summed E-state index contributed by atoms with van der Waals surface area (Å²) in [5.74, 6) is 0. The van der Waals surface area contributed by atoms with Crippen LogP contribution >= 0.6 is 0 Å². The van der Waals surface area contributed by atoms with Gasteiger partial charge in [-0.3, -0.25) is 0 Å². The molecule has 29 heavy (non-hydrogen) atoms. The zero-order valence-electron chi connectivity index (χ0n) is 13.3. The summed E-state index contributed by atoms with van der Waals surface area (Å²) in [6, 6.07) is 0. The fourth-order valence-corrected chi connectivity index (χ4v) is 0. The fraction of sp³-hybridized carbons (Fsp3) is 0. The van der Waals surface area contributed by atoms with E-state index in [0.29, 0.717) is 0 Å². The minimum Gasteiger partial charge on any atom is -0.512 e. The molecule has 0 aromatic carbocycles. The minimum atomic E-state index is 0. The Balaban J connectivity index is -0.00000000561.